The molecule has 2 saturated heterocycles. The van der Waals surface area contributed by atoms with E-state index in [9.17, 15) is 38.7 Å². The molecule has 7 amide bonds. The van der Waals surface area contributed by atoms with Crippen molar-refractivity contribution in [3.8, 4) is 0 Å². The molecule has 0 saturated carbocycles. The van der Waals surface area contributed by atoms with Gasteiger partial charge in [-0.15, -0.1) is 23.5 Å². The average Bonchev–Trinajstić information content (AvgIpc) is 3.10. The minimum atomic E-state index is -2.04. The van der Waals surface area contributed by atoms with Crippen molar-refractivity contribution in [3.63, 3.8) is 0 Å². The normalized spacial score (nSPS) is 21.0. The van der Waals surface area contributed by atoms with E-state index in [2.05, 4.69) is 16.0 Å². The summed E-state index contributed by atoms with van der Waals surface area (Å²) in [7, 11) is 3.77. The van der Waals surface area contributed by atoms with Gasteiger partial charge >= 0.3 is 23.8 Å². The van der Waals surface area contributed by atoms with Crippen molar-refractivity contribution in [2.75, 3.05) is 50.2 Å². The van der Waals surface area contributed by atoms with Gasteiger partial charge in [-0.3, -0.25) is 33.8 Å². The van der Waals surface area contributed by atoms with E-state index in [1.54, 1.807) is 37.3 Å². The lowest BCUT2D eigenvalue weighted by Gasteiger charge is -2.56. The van der Waals surface area contributed by atoms with Crippen LogP contribution in [-0.2, 0) is 28.8 Å². The zero-order valence-corrected chi connectivity index (χ0v) is 28.5. The molecule has 0 spiro atoms. The Bertz CT molecular complexity index is 1710. The first-order chi connectivity index (χ1) is 23.4. The minimum absolute atomic E-state index is 0.0958. The summed E-state index contributed by atoms with van der Waals surface area (Å²) in [5.74, 6) is -4.59. The number of β-lactam (4-membered cyclic amide) rings is 1. The number of pyridine rings is 1. The van der Waals surface area contributed by atoms with Crippen LogP contribution in [0.4, 0.5) is 4.79 Å². The lowest BCUT2D eigenvalue weighted by atomic mass is 9.94. The summed E-state index contributed by atoms with van der Waals surface area (Å²) >= 11 is 2.57. The van der Waals surface area contributed by atoms with Crippen molar-refractivity contribution in [2.24, 2.45) is 0 Å². The monoisotopic (exact) mass is 711 g/mol. The largest absolute Gasteiger partial charge is 0.477 e. The molecule has 4 N–H and O–H groups in total. The quantitative estimate of drug-likeness (QED) is 0.0539. The number of rotatable bonds is 12. The highest BCUT2D eigenvalue weighted by Crippen LogP contribution is 2.46. The summed E-state index contributed by atoms with van der Waals surface area (Å²) in [4.78, 5) is 94.4. The van der Waals surface area contributed by atoms with Crippen LogP contribution in [0, 0.1) is 0 Å². The number of nitrogens with zero attached hydrogens (tertiary/aromatic N) is 5. The molecule has 18 heteroatoms. The van der Waals surface area contributed by atoms with Crippen LogP contribution in [0.3, 0.4) is 0 Å². The smallest absolute Gasteiger partial charge is 0.352 e. The van der Waals surface area contributed by atoms with Gasteiger partial charge in [0.05, 0.1) is 14.1 Å². The summed E-state index contributed by atoms with van der Waals surface area (Å²) in [6.45, 7) is 2.01. The van der Waals surface area contributed by atoms with Gasteiger partial charge < -0.3 is 26.0 Å². The Morgan fingerprint density at radius 2 is 1.80 bits per heavy atom. The number of carbonyl (C=O) groups excluding carboxylic acids is 6. The zero-order chi connectivity index (χ0) is 35.5. The van der Waals surface area contributed by atoms with Crippen LogP contribution in [0.5, 0.6) is 0 Å². The standard InChI is InChI=1S/C31H34N8O8S2/c1-4-36-14-15-38(26(43)25(36)42)30(47)33-22(19-8-6-5-7-9-19)24(41)34-31(32-18-40)28(46)39-23(27(44)45)20(17-49-29(31)39)16-48-21-10-12-37(13-11-21)35(2)3/h5-13,18,22,29H,4,14-17H2,1-3H3,(H3-,32,33,34,40,41,44,45,47)/p+1/t22-,29-,31-/m1/s1. The fraction of sp³-hybridized carbons (Fsp3) is 0.355. The van der Waals surface area contributed by atoms with Crippen LogP contribution in [0.2, 0.25) is 0 Å². The second kappa shape index (κ2) is 14.6. The number of carboxylic acids is 1. The lowest BCUT2D eigenvalue weighted by molar-refractivity contribution is -0.687. The van der Waals surface area contributed by atoms with Gasteiger partial charge in [0.1, 0.15) is 17.1 Å². The number of hydrogen-bond acceptors (Lipinski definition) is 10. The number of imide groups is 1. The summed E-state index contributed by atoms with van der Waals surface area (Å²) in [6, 6.07) is 9.28. The van der Waals surface area contributed by atoms with Crippen molar-refractivity contribution >= 4 is 65.6 Å². The van der Waals surface area contributed by atoms with Crippen molar-refractivity contribution < 1.29 is 43.3 Å². The van der Waals surface area contributed by atoms with Crippen LogP contribution < -0.4 is 25.6 Å². The third-order valence-electron chi connectivity index (χ3n) is 8.22. The molecule has 0 radical (unpaired) electrons. The highest BCUT2D eigenvalue weighted by atomic mass is 32.2. The van der Waals surface area contributed by atoms with E-state index in [1.165, 1.54) is 16.7 Å². The molecule has 0 bridgehead atoms. The molecule has 3 aliphatic rings. The maximum absolute atomic E-state index is 13.9. The maximum atomic E-state index is 13.9. The first-order valence-corrected chi connectivity index (χ1v) is 17.2. The Morgan fingerprint density at radius 1 is 1.10 bits per heavy atom. The van der Waals surface area contributed by atoms with Crippen molar-refractivity contribution in [1.29, 1.82) is 0 Å². The Morgan fingerprint density at radius 3 is 2.41 bits per heavy atom. The number of fused-ring (bicyclic) bond motifs is 1. The first-order valence-electron chi connectivity index (χ1n) is 15.1. The maximum Gasteiger partial charge on any atom is 0.352 e. The summed E-state index contributed by atoms with van der Waals surface area (Å²) < 4.78 is 1.86. The Labute approximate surface area is 289 Å². The summed E-state index contributed by atoms with van der Waals surface area (Å²) in [5.41, 5.74) is -1.51. The van der Waals surface area contributed by atoms with Gasteiger partial charge in [0.25, 0.3) is 5.91 Å². The molecule has 1 aromatic heterocycles. The molecule has 49 heavy (non-hydrogen) atoms. The third kappa shape index (κ3) is 6.78. The number of aromatic nitrogens is 1. The first kappa shape index (κ1) is 35.2. The van der Waals surface area contributed by atoms with Gasteiger partial charge in [-0.25, -0.2) is 9.59 Å². The molecule has 2 aromatic rings. The molecule has 2 fully saturated rings. The molecular formula is C31H35N8O8S2+. The van der Waals surface area contributed by atoms with Gasteiger partial charge in [-0.2, -0.15) is 5.01 Å². The summed E-state index contributed by atoms with van der Waals surface area (Å²) in [6.07, 6.45) is 3.95. The highest BCUT2D eigenvalue weighted by molar-refractivity contribution is 8.01. The third-order valence-corrected chi connectivity index (χ3v) is 10.7. The molecule has 16 nitrogen and oxygen atoms in total. The van der Waals surface area contributed by atoms with Crippen LogP contribution >= 0.6 is 23.5 Å². The van der Waals surface area contributed by atoms with Crippen molar-refractivity contribution in [2.45, 2.75) is 28.9 Å². The number of thioether (sulfide) groups is 2. The SMILES string of the molecule is CCN1CCN(C(=O)N[C@@H](C(=O)N[C@]2(NC=O)C(=O)N3C(C(=O)O)=C(CSc4cc[n+](N(C)C)cc4)CS[C@@H]32)c2ccccc2)C(=O)C1=O. The molecular weight excluding hydrogens is 677 g/mol. The fourth-order valence-electron chi connectivity index (χ4n) is 5.63. The zero-order valence-electron chi connectivity index (χ0n) is 26.8. The van der Waals surface area contributed by atoms with Gasteiger partial charge in [-0.1, -0.05) is 35.0 Å². The van der Waals surface area contributed by atoms with E-state index >= 15 is 0 Å². The number of aliphatic carboxylic acids is 1. The van der Waals surface area contributed by atoms with Crippen LogP contribution in [0.15, 0.2) is 71.0 Å². The predicted octanol–water partition coefficient (Wildman–Crippen LogP) is -0.782. The Kier molecular flexibility index (Phi) is 10.5. The van der Waals surface area contributed by atoms with E-state index in [-0.39, 0.29) is 48.8 Å². The average molecular weight is 712 g/mol. The molecule has 258 valence electrons. The number of likely N-dealkylation sites (N-methyl/N-ethyl adjacent to an activating group) is 1. The number of benzene rings is 1. The van der Waals surface area contributed by atoms with E-state index < -0.39 is 52.7 Å². The van der Waals surface area contributed by atoms with Crippen molar-refractivity contribution in [1.82, 2.24) is 30.7 Å². The molecule has 0 aliphatic carbocycles. The number of piperazine rings is 1. The molecule has 3 atom stereocenters. The molecule has 1 aromatic carbocycles. The fourth-order valence-corrected chi connectivity index (χ4v) is 8.08. The highest BCUT2D eigenvalue weighted by Gasteiger charge is 2.66. The number of amides is 7. The molecule has 3 aliphatic heterocycles. The van der Waals surface area contributed by atoms with Gasteiger partial charge in [0, 0.05) is 48.2 Å². The minimum Gasteiger partial charge on any atom is -0.477 e. The Balaban J connectivity index is 1.37. The molecule has 4 heterocycles. The van der Waals surface area contributed by atoms with E-state index in [0.29, 0.717) is 10.5 Å². The van der Waals surface area contributed by atoms with E-state index in [0.717, 1.165) is 21.6 Å². The van der Waals surface area contributed by atoms with Crippen LogP contribution in [-0.4, -0.2) is 118 Å². The number of carbonyl (C=O) groups is 7. The van der Waals surface area contributed by atoms with Gasteiger partial charge in [0.15, 0.2) is 0 Å². The summed E-state index contributed by atoms with van der Waals surface area (Å²) in [5, 5.41) is 18.5. The topological polar surface area (TPSA) is 193 Å². The van der Waals surface area contributed by atoms with Crippen LogP contribution in [0.1, 0.15) is 18.5 Å². The second-order valence-corrected chi connectivity index (χ2v) is 13.5. The number of carboxylic acid groups (broad SMARTS) is 1. The number of urea groups is 1. The van der Waals surface area contributed by atoms with Crippen molar-refractivity contribution in [3.05, 3.63) is 71.7 Å². The number of nitrogens with one attached hydrogen (secondary N) is 3. The second-order valence-electron chi connectivity index (χ2n) is 11.3. The predicted molar refractivity (Wildman–Crippen MR) is 177 cm³/mol. The molecule has 5 rings (SSSR count). The number of hydrogen-bond donors (Lipinski definition) is 4. The van der Waals surface area contributed by atoms with E-state index in [4.69, 9.17) is 0 Å². The van der Waals surface area contributed by atoms with E-state index in [1.807, 2.05) is 48.3 Å². The molecule has 0 unspecified atom stereocenters. The van der Waals surface area contributed by atoms with Gasteiger partial charge in [0.2, 0.25) is 30.4 Å². The van der Waals surface area contributed by atoms with Crippen LogP contribution in [0.25, 0.3) is 0 Å². The van der Waals surface area contributed by atoms with Gasteiger partial charge in [-0.05, 0) is 18.1 Å². The lowest BCUT2D eigenvalue weighted by Crippen LogP contribution is -2.85. The Hall–Kier alpha value is -5.10.